The monoisotopic (exact) mass is 414 g/mol. The smallest absolute Gasteiger partial charge is 0.0900 e. The van der Waals surface area contributed by atoms with Gasteiger partial charge in [0.1, 0.15) is 0 Å². The molecule has 0 amide bonds. The zero-order chi connectivity index (χ0) is 21.6. The van der Waals surface area contributed by atoms with Crippen molar-refractivity contribution in [3.63, 3.8) is 0 Å². The van der Waals surface area contributed by atoms with Gasteiger partial charge in [-0.2, -0.15) is 0 Å². The van der Waals surface area contributed by atoms with Crippen molar-refractivity contribution in [1.29, 1.82) is 0 Å². The third-order valence-corrected chi connectivity index (χ3v) is 4.84. The van der Waals surface area contributed by atoms with Gasteiger partial charge in [-0.1, -0.05) is 24.3 Å². The number of fused-ring (bicyclic) bond motifs is 4. The summed E-state index contributed by atoms with van der Waals surface area (Å²) in [6.07, 6.45) is 10.5. The molecule has 152 valence electrons. The second-order valence-electron chi connectivity index (χ2n) is 6.97. The number of pyridine rings is 2. The lowest BCUT2D eigenvalue weighted by atomic mass is 10.3. The predicted octanol–water partition coefficient (Wildman–Crippen LogP) is -0.979. The SMILES string of the molecule is C1=c2cccnc2=CN=c2ccccc2=NC=c2ncccc2=CN=c2ccccc2=N1. The number of benzene rings is 2. The molecule has 1 aliphatic heterocycles. The Bertz CT molecular complexity index is 1390. The Morgan fingerprint density at radius 2 is 0.750 bits per heavy atom. The molecule has 0 N–H and O–H groups in total. The van der Waals surface area contributed by atoms with Crippen LogP contribution in [0.3, 0.4) is 0 Å². The van der Waals surface area contributed by atoms with Gasteiger partial charge in [0.2, 0.25) is 0 Å². The van der Waals surface area contributed by atoms with E-state index in [0.29, 0.717) is 0 Å². The van der Waals surface area contributed by atoms with Gasteiger partial charge >= 0.3 is 0 Å². The van der Waals surface area contributed by atoms with E-state index in [1.807, 2.05) is 72.8 Å². The van der Waals surface area contributed by atoms with Crippen LogP contribution >= 0.6 is 0 Å². The molecule has 32 heavy (non-hydrogen) atoms. The minimum absolute atomic E-state index is 0.718. The van der Waals surface area contributed by atoms with Crippen LogP contribution in [0.4, 0.5) is 0 Å². The second-order valence-corrected chi connectivity index (χ2v) is 6.97. The molecule has 2 aromatic heterocycles. The van der Waals surface area contributed by atoms with Crippen molar-refractivity contribution in [3.8, 4) is 0 Å². The number of rotatable bonds is 0. The third-order valence-electron chi connectivity index (χ3n) is 4.84. The van der Waals surface area contributed by atoms with Gasteiger partial charge in [0.05, 0.1) is 44.5 Å². The zero-order valence-electron chi connectivity index (χ0n) is 17.1. The Kier molecular flexibility index (Phi) is 5.49. The lowest BCUT2D eigenvalue weighted by Crippen LogP contribution is -2.31. The number of hydrogen-bond donors (Lipinski definition) is 0. The van der Waals surface area contributed by atoms with E-state index in [-0.39, 0.29) is 0 Å². The fraction of sp³-hybridized carbons (Fsp3) is 0. The summed E-state index contributed by atoms with van der Waals surface area (Å²) >= 11 is 0. The van der Waals surface area contributed by atoms with Crippen LogP contribution in [0.15, 0.2) is 105 Å². The topological polar surface area (TPSA) is 75.2 Å². The minimum Gasteiger partial charge on any atom is -0.255 e. The van der Waals surface area contributed by atoms with Crippen LogP contribution in [0.1, 0.15) is 0 Å². The molecule has 4 aromatic rings. The van der Waals surface area contributed by atoms with E-state index >= 15 is 0 Å². The quantitative estimate of drug-likeness (QED) is 0.371. The van der Waals surface area contributed by atoms with Crippen molar-refractivity contribution in [2.75, 3.05) is 0 Å². The lowest BCUT2D eigenvalue weighted by Gasteiger charge is -1.92. The Balaban J connectivity index is 1.94. The van der Waals surface area contributed by atoms with Crippen LogP contribution in [0.25, 0.3) is 24.8 Å². The molecule has 2 aromatic carbocycles. The van der Waals surface area contributed by atoms with E-state index in [1.165, 1.54) is 0 Å². The molecule has 3 heterocycles. The van der Waals surface area contributed by atoms with Gasteiger partial charge in [-0.3, -0.25) is 29.9 Å². The van der Waals surface area contributed by atoms with Crippen molar-refractivity contribution in [2.24, 2.45) is 20.0 Å². The van der Waals surface area contributed by atoms with Crippen LogP contribution in [-0.4, -0.2) is 9.97 Å². The van der Waals surface area contributed by atoms with Crippen LogP contribution in [0.5, 0.6) is 0 Å². The van der Waals surface area contributed by atoms with E-state index < -0.39 is 0 Å². The second kappa shape index (κ2) is 9.06. The third kappa shape index (κ3) is 4.29. The standard InChI is InChI=1S/C26H18N6/c1-2-10-22-21(9-1)29-15-19-7-5-13-27-25(19)17-31-23-11-3-4-12-24(23)32-18-26-20(16-30-22)8-6-14-28-26/h1-18H. The van der Waals surface area contributed by atoms with Crippen molar-refractivity contribution in [1.82, 2.24) is 9.97 Å². The molecule has 0 bridgehead atoms. The number of para-hydroxylation sites is 4. The first kappa shape index (κ1) is 19.4. The van der Waals surface area contributed by atoms with Crippen LogP contribution in [0.2, 0.25) is 0 Å². The highest BCUT2D eigenvalue weighted by molar-refractivity contribution is 5.30. The molecule has 0 fully saturated rings. The van der Waals surface area contributed by atoms with Crippen LogP contribution < -0.4 is 42.6 Å². The van der Waals surface area contributed by atoms with Crippen molar-refractivity contribution in [3.05, 3.63) is 128 Å². The molecule has 6 nitrogen and oxygen atoms in total. The van der Waals surface area contributed by atoms with Gasteiger partial charge in [-0.05, 0) is 48.5 Å². The van der Waals surface area contributed by atoms with E-state index in [0.717, 1.165) is 42.6 Å². The van der Waals surface area contributed by atoms with Gasteiger partial charge in [-0.15, -0.1) is 0 Å². The molecule has 1 aliphatic rings. The molecule has 0 saturated carbocycles. The molecular weight excluding hydrogens is 396 g/mol. The van der Waals surface area contributed by atoms with Crippen molar-refractivity contribution < 1.29 is 0 Å². The van der Waals surface area contributed by atoms with E-state index in [9.17, 15) is 0 Å². The first-order chi connectivity index (χ1) is 15.9. The molecule has 0 saturated heterocycles. The molecule has 5 rings (SSSR count). The van der Waals surface area contributed by atoms with E-state index in [2.05, 4.69) is 29.9 Å². The molecule has 0 spiro atoms. The highest BCUT2D eigenvalue weighted by Gasteiger charge is 1.91. The summed E-state index contributed by atoms with van der Waals surface area (Å²) in [6.45, 7) is 0. The molecule has 0 aliphatic carbocycles. The Morgan fingerprint density at radius 3 is 1.16 bits per heavy atom. The summed E-state index contributed by atoms with van der Waals surface area (Å²) in [4.78, 5) is 27.6. The maximum Gasteiger partial charge on any atom is 0.0900 e. The largest absolute Gasteiger partial charge is 0.255 e. The number of aromatic nitrogens is 2. The Morgan fingerprint density at radius 1 is 0.375 bits per heavy atom. The fourth-order valence-electron chi connectivity index (χ4n) is 3.20. The summed E-state index contributed by atoms with van der Waals surface area (Å²) in [7, 11) is 0. The van der Waals surface area contributed by atoms with Crippen molar-refractivity contribution >= 4 is 24.8 Å². The highest BCUT2D eigenvalue weighted by atomic mass is 14.8. The first-order valence-electron chi connectivity index (χ1n) is 10.1. The van der Waals surface area contributed by atoms with Gasteiger partial charge in [0, 0.05) is 35.2 Å². The molecular formula is C26H18N6. The molecule has 0 radical (unpaired) electrons. The summed E-state index contributed by atoms with van der Waals surface area (Å²) in [6, 6.07) is 23.1. The molecule has 0 atom stereocenters. The summed E-state index contributed by atoms with van der Waals surface area (Å²) in [5.41, 5.74) is 0. The predicted molar refractivity (Wildman–Crippen MR) is 122 cm³/mol. The van der Waals surface area contributed by atoms with Gasteiger partial charge in [0.25, 0.3) is 0 Å². The fourth-order valence-corrected chi connectivity index (χ4v) is 3.20. The number of nitrogens with zero attached hydrogens (tertiary/aromatic N) is 6. The summed E-state index contributed by atoms with van der Waals surface area (Å²) in [5, 5.41) is 6.14. The van der Waals surface area contributed by atoms with E-state index in [1.54, 1.807) is 37.2 Å². The van der Waals surface area contributed by atoms with Gasteiger partial charge in [0.15, 0.2) is 0 Å². The van der Waals surface area contributed by atoms with Gasteiger partial charge in [-0.25, -0.2) is 0 Å². The lowest BCUT2D eigenvalue weighted by molar-refractivity contribution is 1.17. The summed E-state index contributed by atoms with van der Waals surface area (Å²) < 4.78 is 0. The Hall–Kier alpha value is -4.58. The molecule has 6 heteroatoms. The molecule has 0 unspecified atom stereocenters. The van der Waals surface area contributed by atoms with Crippen LogP contribution in [-0.2, 0) is 0 Å². The minimum atomic E-state index is 0.718. The summed E-state index contributed by atoms with van der Waals surface area (Å²) in [5.74, 6) is 0. The highest BCUT2D eigenvalue weighted by Crippen LogP contribution is 1.78. The zero-order valence-corrected chi connectivity index (χ0v) is 17.1. The first-order valence-corrected chi connectivity index (χ1v) is 10.1. The van der Waals surface area contributed by atoms with Crippen molar-refractivity contribution in [2.45, 2.75) is 0 Å². The average molecular weight is 414 g/mol. The van der Waals surface area contributed by atoms with E-state index in [4.69, 9.17) is 0 Å². The van der Waals surface area contributed by atoms with Gasteiger partial charge < -0.3 is 0 Å². The maximum absolute atomic E-state index is 4.68. The average Bonchev–Trinajstić information content (AvgIpc) is 2.85. The normalized spacial score (nSPS) is 12.5. The van der Waals surface area contributed by atoms with Crippen LogP contribution in [0, 0.1) is 0 Å². The maximum atomic E-state index is 4.68. The number of hydrogen-bond acceptors (Lipinski definition) is 6. The Labute approximate surface area is 182 Å².